The molecule has 8 nitrogen and oxygen atoms in total. The molecule has 0 radical (unpaired) electrons. The van der Waals surface area contributed by atoms with E-state index in [0.29, 0.717) is 28.0 Å². The van der Waals surface area contributed by atoms with Crippen LogP contribution < -0.4 is 10.1 Å². The monoisotopic (exact) mass is 502 g/mol. The molecule has 0 saturated carbocycles. The fourth-order valence-corrected chi connectivity index (χ4v) is 5.42. The van der Waals surface area contributed by atoms with Crippen molar-refractivity contribution in [3.63, 3.8) is 0 Å². The van der Waals surface area contributed by atoms with Crippen molar-refractivity contribution in [2.24, 2.45) is 7.05 Å². The van der Waals surface area contributed by atoms with Crippen LogP contribution in [0.25, 0.3) is 0 Å². The van der Waals surface area contributed by atoms with Gasteiger partial charge in [-0.05, 0) is 62.9 Å². The Bertz CT molecular complexity index is 1200. The fourth-order valence-electron chi connectivity index (χ4n) is 3.55. The molecule has 1 amide bonds. The molecule has 0 bridgehead atoms. The van der Waals surface area contributed by atoms with Crippen LogP contribution in [0.3, 0.4) is 0 Å². The van der Waals surface area contributed by atoms with Crippen LogP contribution in [0.1, 0.15) is 57.7 Å². The molecule has 182 valence electrons. The first-order valence-corrected chi connectivity index (χ1v) is 12.7. The smallest absolute Gasteiger partial charge is 0.341 e. The highest BCUT2D eigenvalue weighted by Gasteiger charge is 2.23. The maximum Gasteiger partial charge on any atom is 0.341 e. The van der Waals surface area contributed by atoms with Crippen LogP contribution in [0.15, 0.2) is 23.4 Å². The molecule has 3 rings (SSSR count). The number of thioether (sulfide) groups is 1. The number of rotatable bonds is 9. The second-order valence-corrected chi connectivity index (χ2v) is 10.1. The van der Waals surface area contributed by atoms with Gasteiger partial charge in [0.25, 0.3) is 0 Å². The van der Waals surface area contributed by atoms with Crippen LogP contribution in [0.5, 0.6) is 5.75 Å². The lowest BCUT2D eigenvalue weighted by atomic mass is 10.1. The maximum absolute atomic E-state index is 12.7. The first-order chi connectivity index (χ1) is 16.2. The van der Waals surface area contributed by atoms with Crippen LogP contribution in [-0.2, 0) is 23.0 Å². The van der Waals surface area contributed by atoms with Gasteiger partial charge in [-0.1, -0.05) is 24.8 Å². The van der Waals surface area contributed by atoms with Gasteiger partial charge in [-0.25, -0.2) is 4.79 Å². The molecule has 0 fully saturated rings. The topological polar surface area (TPSA) is 95.3 Å². The summed E-state index contributed by atoms with van der Waals surface area (Å²) < 4.78 is 12.8. The van der Waals surface area contributed by atoms with E-state index in [2.05, 4.69) is 22.4 Å². The molecule has 0 aliphatic carbocycles. The Morgan fingerprint density at radius 2 is 1.94 bits per heavy atom. The van der Waals surface area contributed by atoms with Crippen molar-refractivity contribution in [1.82, 2.24) is 14.8 Å². The zero-order chi connectivity index (χ0) is 25.0. The molecule has 2 heterocycles. The van der Waals surface area contributed by atoms with Crippen LogP contribution in [0.4, 0.5) is 5.00 Å². The number of nitrogens with one attached hydrogen (secondary N) is 1. The molecule has 2 aromatic heterocycles. The summed E-state index contributed by atoms with van der Waals surface area (Å²) in [6, 6.07) is 5.97. The fraction of sp³-hybridized carbons (Fsp3) is 0.417. The number of methoxy groups -OCH3 is 1. The second-order valence-electron chi connectivity index (χ2n) is 7.93. The maximum atomic E-state index is 12.7. The van der Waals surface area contributed by atoms with Crippen molar-refractivity contribution in [2.45, 2.75) is 52.3 Å². The highest BCUT2D eigenvalue weighted by Crippen LogP contribution is 2.34. The first-order valence-electron chi connectivity index (χ1n) is 10.9. The molecule has 3 aromatic rings. The van der Waals surface area contributed by atoms with Crippen LogP contribution in [0.2, 0.25) is 0 Å². The summed E-state index contributed by atoms with van der Waals surface area (Å²) in [6.45, 7) is 9.92. The third-order valence-corrected chi connectivity index (χ3v) is 7.64. The molecule has 0 saturated heterocycles. The molecule has 0 spiro atoms. The van der Waals surface area contributed by atoms with Gasteiger partial charge in [0.1, 0.15) is 10.8 Å². The minimum Gasteiger partial charge on any atom is -0.483 e. The van der Waals surface area contributed by atoms with E-state index < -0.39 is 5.97 Å². The van der Waals surface area contributed by atoms with Crippen molar-refractivity contribution in [1.29, 1.82) is 0 Å². The Kier molecular flexibility index (Phi) is 8.37. The summed E-state index contributed by atoms with van der Waals surface area (Å²) in [4.78, 5) is 25.9. The average molecular weight is 503 g/mol. The van der Waals surface area contributed by atoms with E-state index in [1.54, 1.807) is 0 Å². The van der Waals surface area contributed by atoms with Crippen molar-refractivity contribution in [3.8, 4) is 5.75 Å². The van der Waals surface area contributed by atoms with Gasteiger partial charge in [0.15, 0.2) is 17.1 Å². The number of nitrogens with zero attached hydrogens (tertiary/aromatic N) is 3. The van der Waals surface area contributed by atoms with Gasteiger partial charge in [0.05, 0.1) is 18.4 Å². The number of esters is 1. The third-order valence-electron chi connectivity index (χ3n) is 5.56. The van der Waals surface area contributed by atoms with Gasteiger partial charge in [-0.2, -0.15) is 0 Å². The van der Waals surface area contributed by atoms with Gasteiger partial charge in [0, 0.05) is 11.9 Å². The number of benzene rings is 1. The lowest BCUT2D eigenvalue weighted by Crippen LogP contribution is -2.16. The number of thiophene rings is 1. The minimum absolute atomic E-state index is 0.122. The lowest BCUT2D eigenvalue weighted by Gasteiger charge is -2.15. The summed E-state index contributed by atoms with van der Waals surface area (Å²) in [5.74, 6) is 0.877. The summed E-state index contributed by atoms with van der Waals surface area (Å²) in [6.07, 6.45) is 0.369. The molecule has 0 aliphatic heterocycles. The minimum atomic E-state index is -0.445. The number of anilines is 1. The predicted octanol–water partition coefficient (Wildman–Crippen LogP) is 5.02. The highest BCUT2D eigenvalue weighted by atomic mass is 32.2. The number of aromatic nitrogens is 3. The van der Waals surface area contributed by atoms with Crippen LogP contribution >= 0.6 is 23.1 Å². The Morgan fingerprint density at radius 1 is 1.21 bits per heavy atom. The number of aryl methyl sites for hydroxylation is 3. The molecular formula is C24H30N4O4S2. The van der Waals surface area contributed by atoms with Crippen molar-refractivity contribution in [3.05, 3.63) is 51.2 Å². The van der Waals surface area contributed by atoms with Gasteiger partial charge >= 0.3 is 5.97 Å². The number of hydrogen-bond acceptors (Lipinski definition) is 8. The molecule has 1 N–H and O–H groups in total. The zero-order valence-electron chi connectivity index (χ0n) is 20.5. The average Bonchev–Trinajstić information content (AvgIpc) is 3.32. The van der Waals surface area contributed by atoms with E-state index in [4.69, 9.17) is 9.47 Å². The molecule has 0 aliphatic rings. The molecule has 1 unspecified atom stereocenters. The summed E-state index contributed by atoms with van der Waals surface area (Å²) >= 11 is 2.65. The third kappa shape index (κ3) is 5.61. The Labute approximate surface area is 208 Å². The van der Waals surface area contributed by atoms with Crippen molar-refractivity contribution in [2.75, 3.05) is 18.2 Å². The van der Waals surface area contributed by atoms with Crippen molar-refractivity contribution >= 4 is 40.0 Å². The molecule has 1 aromatic carbocycles. The van der Waals surface area contributed by atoms with Gasteiger partial charge in [0.2, 0.25) is 5.91 Å². The van der Waals surface area contributed by atoms with E-state index in [9.17, 15) is 9.59 Å². The first kappa shape index (κ1) is 25.8. The zero-order valence-corrected chi connectivity index (χ0v) is 22.1. The van der Waals surface area contributed by atoms with Crippen LogP contribution in [-0.4, -0.2) is 39.5 Å². The van der Waals surface area contributed by atoms with E-state index in [1.807, 2.05) is 57.5 Å². The van der Waals surface area contributed by atoms with Crippen LogP contribution in [0, 0.1) is 20.8 Å². The Morgan fingerprint density at radius 3 is 2.59 bits per heavy atom. The standard InChI is InChI=1S/C24H30N4O4S2/c1-8-18-16(5)34-22(20(18)23(30)31-7)25-19(29)12-33-24-27-26-21(28(24)6)15(4)32-17-10-9-13(2)14(3)11-17/h9-11,15H,8,12H2,1-7H3,(H,25,29). The predicted molar refractivity (Wildman–Crippen MR) is 135 cm³/mol. The Hall–Kier alpha value is -2.85. The van der Waals surface area contributed by atoms with Gasteiger partial charge in [-0.15, -0.1) is 21.5 Å². The molecular weight excluding hydrogens is 472 g/mol. The van der Waals surface area contributed by atoms with E-state index >= 15 is 0 Å². The van der Waals surface area contributed by atoms with Gasteiger partial charge < -0.3 is 19.4 Å². The number of carbonyl (C=O) groups is 2. The molecule has 10 heteroatoms. The number of ether oxygens (including phenoxy) is 2. The van der Waals surface area contributed by atoms with E-state index in [1.165, 1.54) is 35.8 Å². The highest BCUT2D eigenvalue weighted by molar-refractivity contribution is 7.99. The molecule has 1 atom stereocenters. The number of carbonyl (C=O) groups excluding carboxylic acids is 2. The normalized spacial score (nSPS) is 11.9. The molecule has 34 heavy (non-hydrogen) atoms. The van der Waals surface area contributed by atoms with E-state index in [-0.39, 0.29) is 17.8 Å². The van der Waals surface area contributed by atoms with E-state index in [0.717, 1.165) is 21.8 Å². The Balaban J connectivity index is 1.65. The summed E-state index contributed by atoms with van der Waals surface area (Å²) in [7, 11) is 3.19. The number of hydrogen-bond donors (Lipinski definition) is 1. The summed E-state index contributed by atoms with van der Waals surface area (Å²) in [5, 5.41) is 12.5. The van der Waals surface area contributed by atoms with Gasteiger partial charge in [-0.3, -0.25) is 4.79 Å². The van der Waals surface area contributed by atoms with Crippen molar-refractivity contribution < 1.29 is 19.1 Å². The number of amides is 1. The SMILES string of the molecule is CCc1c(C)sc(NC(=O)CSc2nnc(C(C)Oc3ccc(C)c(C)c3)n2C)c1C(=O)OC. The largest absolute Gasteiger partial charge is 0.483 e. The lowest BCUT2D eigenvalue weighted by molar-refractivity contribution is -0.113. The summed E-state index contributed by atoms with van der Waals surface area (Å²) in [5.41, 5.74) is 3.70. The quantitative estimate of drug-likeness (QED) is 0.324. The second kappa shape index (κ2) is 11.1.